The number of sulfone groups is 1. The maximum atomic E-state index is 13.0. The Kier molecular flexibility index (Phi) is 9.54. The van der Waals surface area contributed by atoms with Crippen molar-refractivity contribution in [3.63, 3.8) is 0 Å². The van der Waals surface area contributed by atoms with E-state index in [2.05, 4.69) is 10.6 Å². The van der Waals surface area contributed by atoms with Crippen molar-refractivity contribution < 1.29 is 32.6 Å². The maximum Gasteiger partial charge on any atom is 0.408 e. The van der Waals surface area contributed by atoms with E-state index < -0.39 is 45.2 Å². The zero-order valence-electron chi connectivity index (χ0n) is 19.6. The van der Waals surface area contributed by atoms with Gasteiger partial charge in [0.1, 0.15) is 18.1 Å². The van der Waals surface area contributed by atoms with Gasteiger partial charge in [-0.2, -0.15) is 0 Å². The second kappa shape index (κ2) is 12.8. The minimum absolute atomic E-state index is 0.0209. The van der Waals surface area contributed by atoms with Crippen LogP contribution in [0, 0.1) is 0 Å². The minimum Gasteiger partial charge on any atom is -0.445 e. The van der Waals surface area contributed by atoms with E-state index in [0.29, 0.717) is 5.56 Å². The van der Waals surface area contributed by atoms with Gasteiger partial charge in [-0.1, -0.05) is 72.8 Å². The van der Waals surface area contributed by atoms with Crippen LogP contribution in [-0.2, 0) is 37.2 Å². The molecule has 10 heteroatoms. The highest BCUT2D eigenvalue weighted by molar-refractivity contribution is 7.92. The molecule has 3 aromatic rings. The maximum absolute atomic E-state index is 13.0. The molecule has 1 atom stereocenters. The number of hydrogen-bond acceptors (Lipinski definition) is 7. The van der Waals surface area contributed by atoms with Crippen LogP contribution in [0.1, 0.15) is 11.1 Å². The fourth-order valence-electron chi connectivity index (χ4n) is 3.57. The molecular formula is C26H28N2O7S. The summed E-state index contributed by atoms with van der Waals surface area (Å²) in [6.07, 6.45) is -0.827. The van der Waals surface area contributed by atoms with Crippen LogP contribution in [0.2, 0.25) is 0 Å². The van der Waals surface area contributed by atoms with Gasteiger partial charge in [0.25, 0.3) is 0 Å². The molecule has 0 radical (unpaired) electrons. The van der Waals surface area contributed by atoms with Gasteiger partial charge in [0, 0.05) is 6.54 Å². The summed E-state index contributed by atoms with van der Waals surface area (Å²) in [5.74, 6) is -3.43. The third kappa shape index (κ3) is 8.47. The van der Waals surface area contributed by atoms with E-state index in [-0.39, 0.29) is 26.2 Å². The first kappa shape index (κ1) is 26.8. The smallest absolute Gasteiger partial charge is 0.408 e. The molecule has 0 saturated heterocycles. The summed E-state index contributed by atoms with van der Waals surface area (Å²) in [5, 5.41) is 15.4. The average molecular weight is 513 g/mol. The molecule has 3 rings (SSSR count). The van der Waals surface area contributed by atoms with Gasteiger partial charge in [0.15, 0.2) is 15.6 Å². The first-order valence-electron chi connectivity index (χ1n) is 11.3. The van der Waals surface area contributed by atoms with E-state index in [0.717, 1.165) is 16.3 Å². The number of rotatable bonds is 12. The number of fused-ring (bicyclic) bond motifs is 1. The Labute approximate surface area is 209 Å². The summed E-state index contributed by atoms with van der Waals surface area (Å²) in [7, 11) is -4.11. The fraction of sp³-hybridized carbons (Fsp3) is 0.269. The number of benzene rings is 3. The van der Waals surface area contributed by atoms with E-state index in [9.17, 15) is 22.8 Å². The van der Waals surface area contributed by atoms with Crippen molar-refractivity contribution in [1.82, 2.24) is 10.6 Å². The second-order valence-electron chi connectivity index (χ2n) is 8.22. The second-order valence-corrected chi connectivity index (χ2v) is 10.3. The molecule has 3 N–H and O–H groups in total. The molecule has 9 nitrogen and oxygen atoms in total. The van der Waals surface area contributed by atoms with E-state index in [4.69, 9.17) is 9.84 Å². The van der Waals surface area contributed by atoms with Gasteiger partial charge in [-0.15, -0.1) is 0 Å². The largest absolute Gasteiger partial charge is 0.445 e. The van der Waals surface area contributed by atoms with Crippen molar-refractivity contribution in [3.05, 3.63) is 83.9 Å². The summed E-state index contributed by atoms with van der Waals surface area (Å²) >= 11 is 0. The van der Waals surface area contributed by atoms with Crippen molar-refractivity contribution in [2.75, 3.05) is 24.7 Å². The van der Waals surface area contributed by atoms with Crippen LogP contribution in [0.15, 0.2) is 72.8 Å². The standard InChI is InChI=1S/C26H28N2O7S/c29-13-12-27-25(31)18-36(33,34)17-24(30)23(28-26(32)35-16-19-6-2-1-3-7-19)15-20-10-11-21-8-4-5-9-22(21)14-20/h1-11,14,23,29H,12-13,15-18H2,(H,27,31)(H,28,32). The summed E-state index contributed by atoms with van der Waals surface area (Å²) in [6.45, 7) is -0.456. The Hall–Kier alpha value is -3.76. The molecule has 0 heterocycles. The van der Waals surface area contributed by atoms with Crippen molar-refractivity contribution in [2.24, 2.45) is 0 Å². The molecule has 0 aliphatic heterocycles. The lowest BCUT2D eigenvalue weighted by Gasteiger charge is -2.18. The van der Waals surface area contributed by atoms with Gasteiger partial charge < -0.3 is 20.5 Å². The number of amides is 2. The Bertz CT molecular complexity index is 1310. The minimum atomic E-state index is -4.11. The normalized spacial score (nSPS) is 12.0. The Morgan fingerprint density at radius 2 is 1.56 bits per heavy atom. The molecule has 190 valence electrons. The Morgan fingerprint density at radius 3 is 2.28 bits per heavy atom. The first-order chi connectivity index (χ1) is 17.3. The van der Waals surface area contributed by atoms with Crippen molar-refractivity contribution in [1.29, 1.82) is 0 Å². The van der Waals surface area contributed by atoms with Gasteiger partial charge in [0.2, 0.25) is 5.91 Å². The summed E-state index contributed by atoms with van der Waals surface area (Å²) in [5.41, 5.74) is 1.47. The van der Waals surface area contributed by atoms with Gasteiger partial charge in [-0.25, -0.2) is 13.2 Å². The third-order valence-corrected chi connectivity index (χ3v) is 6.72. The van der Waals surface area contributed by atoms with Crippen LogP contribution in [-0.4, -0.2) is 62.0 Å². The Morgan fingerprint density at radius 1 is 0.861 bits per heavy atom. The van der Waals surface area contributed by atoms with E-state index in [1.165, 1.54) is 0 Å². The molecule has 0 saturated carbocycles. The zero-order valence-corrected chi connectivity index (χ0v) is 20.4. The molecule has 2 amide bonds. The third-order valence-electron chi connectivity index (χ3n) is 5.29. The molecule has 3 aromatic carbocycles. The van der Waals surface area contributed by atoms with Crippen LogP contribution in [0.3, 0.4) is 0 Å². The lowest BCUT2D eigenvalue weighted by atomic mass is 10.00. The van der Waals surface area contributed by atoms with E-state index >= 15 is 0 Å². The monoisotopic (exact) mass is 512 g/mol. The van der Waals surface area contributed by atoms with Gasteiger partial charge in [-0.05, 0) is 28.3 Å². The number of carbonyl (C=O) groups excluding carboxylic acids is 3. The highest BCUT2D eigenvalue weighted by Gasteiger charge is 2.28. The van der Waals surface area contributed by atoms with Gasteiger partial charge in [0.05, 0.1) is 12.6 Å². The highest BCUT2D eigenvalue weighted by Crippen LogP contribution is 2.17. The molecule has 36 heavy (non-hydrogen) atoms. The molecule has 1 unspecified atom stereocenters. The SMILES string of the molecule is O=C(CS(=O)(=O)CC(=O)C(Cc1ccc2ccccc2c1)NC(=O)OCc1ccccc1)NCCO. The topological polar surface area (TPSA) is 139 Å². The fourth-order valence-corrected chi connectivity index (χ4v) is 4.81. The van der Waals surface area contributed by atoms with Gasteiger partial charge in [-0.3, -0.25) is 9.59 Å². The number of ether oxygens (including phenoxy) is 1. The summed E-state index contributed by atoms with van der Waals surface area (Å²) < 4.78 is 30.1. The van der Waals surface area contributed by atoms with Crippen LogP contribution in [0.5, 0.6) is 0 Å². The van der Waals surface area contributed by atoms with E-state index in [1.807, 2.05) is 42.5 Å². The number of nitrogens with one attached hydrogen (secondary N) is 2. The van der Waals surface area contributed by atoms with Gasteiger partial charge >= 0.3 is 6.09 Å². The van der Waals surface area contributed by atoms with Crippen molar-refractivity contribution in [3.8, 4) is 0 Å². The molecule has 0 bridgehead atoms. The van der Waals surface area contributed by atoms with Crippen LogP contribution >= 0.6 is 0 Å². The molecule has 0 fully saturated rings. The van der Waals surface area contributed by atoms with Crippen molar-refractivity contribution >= 4 is 38.4 Å². The predicted octanol–water partition coefficient (Wildman–Crippen LogP) is 1.77. The Balaban J connectivity index is 1.73. The predicted molar refractivity (Wildman–Crippen MR) is 135 cm³/mol. The quantitative estimate of drug-likeness (QED) is 0.336. The molecule has 0 aromatic heterocycles. The lowest BCUT2D eigenvalue weighted by molar-refractivity contribution is -0.118. The van der Waals surface area contributed by atoms with E-state index in [1.54, 1.807) is 30.3 Å². The van der Waals surface area contributed by atoms with Crippen molar-refractivity contribution in [2.45, 2.75) is 19.1 Å². The number of alkyl carbamates (subject to hydrolysis) is 1. The number of aliphatic hydroxyl groups excluding tert-OH is 1. The number of hydrogen-bond donors (Lipinski definition) is 3. The number of Topliss-reactive ketones (excluding diaryl/α,β-unsaturated/α-hetero) is 1. The van der Waals surface area contributed by atoms with Crippen LogP contribution < -0.4 is 10.6 Å². The summed E-state index contributed by atoms with van der Waals surface area (Å²) in [6, 6.07) is 21.0. The lowest BCUT2D eigenvalue weighted by Crippen LogP contribution is -2.45. The molecule has 0 spiro atoms. The molecule has 0 aliphatic carbocycles. The average Bonchev–Trinajstić information content (AvgIpc) is 2.85. The van der Waals surface area contributed by atoms with Crippen LogP contribution in [0.4, 0.5) is 4.79 Å². The molecule has 0 aliphatic rings. The number of aliphatic hydroxyl groups is 1. The van der Waals surface area contributed by atoms with Crippen LogP contribution in [0.25, 0.3) is 10.8 Å². The number of carbonyl (C=O) groups is 3. The highest BCUT2D eigenvalue weighted by atomic mass is 32.2. The zero-order chi connectivity index (χ0) is 26.0. The molecular weight excluding hydrogens is 484 g/mol. The number of ketones is 1. The first-order valence-corrected chi connectivity index (χ1v) is 13.1. The summed E-state index contributed by atoms with van der Waals surface area (Å²) in [4.78, 5) is 37.3.